The van der Waals surface area contributed by atoms with Crippen LogP contribution in [-0.2, 0) is 4.74 Å². The Morgan fingerprint density at radius 2 is 2.17 bits per heavy atom. The molecular formula is C24H26N6O6. The third kappa shape index (κ3) is 4.67. The van der Waals surface area contributed by atoms with E-state index < -0.39 is 6.09 Å². The van der Waals surface area contributed by atoms with Crippen LogP contribution in [0.15, 0.2) is 46.6 Å². The van der Waals surface area contributed by atoms with E-state index in [4.69, 9.17) is 19.2 Å². The highest BCUT2D eigenvalue weighted by atomic mass is 16.5. The Morgan fingerprint density at radius 1 is 1.28 bits per heavy atom. The lowest BCUT2D eigenvalue weighted by atomic mass is 10.1. The van der Waals surface area contributed by atoms with Crippen molar-refractivity contribution in [1.29, 1.82) is 0 Å². The molecule has 188 valence electrons. The average molecular weight is 495 g/mol. The number of hydrogen-bond donors (Lipinski definition) is 2. The normalized spacial score (nSPS) is 18.5. The number of carbonyl (C=O) groups is 2. The summed E-state index contributed by atoms with van der Waals surface area (Å²) in [6, 6.07) is 7.05. The molecule has 0 radical (unpaired) electrons. The quantitative estimate of drug-likeness (QED) is 0.619. The van der Waals surface area contributed by atoms with E-state index in [-0.39, 0.29) is 12.0 Å². The minimum Gasteiger partial charge on any atom is -0.491 e. The van der Waals surface area contributed by atoms with Crippen molar-refractivity contribution in [2.45, 2.75) is 12.5 Å². The summed E-state index contributed by atoms with van der Waals surface area (Å²) in [6.45, 7) is 2.50. The van der Waals surface area contributed by atoms with Crippen molar-refractivity contribution < 1.29 is 28.9 Å². The maximum Gasteiger partial charge on any atom is 0.407 e. The van der Waals surface area contributed by atoms with Gasteiger partial charge in [0.15, 0.2) is 11.5 Å². The van der Waals surface area contributed by atoms with Crippen LogP contribution in [0.25, 0.3) is 0 Å². The van der Waals surface area contributed by atoms with Crippen LogP contribution in [0.1, 0.15) is 22.3 Å². The van der Waals surface area contributed by atoms with Gasteiger partial charge < -0.3 is 24.2 Å². The van der Waals surface area contributed by atoms with Crippen molar-refractivity contribution in [2.24, 2.45) is 9.98 Å². The van der Waals surface area contributed by atoms with Crippen molar-refractivity contribution in [3.8, 4) is 11.5 Å². The van der Waals surface area contributed by atoms with Gasteiger partial charge in [-0.1, -0.05) is 0 Å². The lowest BCUT2D eigenvalue weighted by molar-refractivity contribution is -0.0302. The van der Waals surface area contributed by atoms with Crippen molar-refractivity contribution in [2.75, 3.05) is 46.5 Å². The Bertz CT molecular complexity index is 1220. The van der Waals surface area contributed by atoms with E-state index in [9.17, 15) is 14.7 Å². The summed E-state index contributed by atoms with van der Waals surface area (Å²) < 4.78 is 17.4. The van der Waals surface area contributed by atoms with Gasteiger partial charge in [0, 0.05) is 37.5 Å². The predicted octanol–water partition coefficient (Wildman–Crippen LogP) is 1.73. The van der Waals surface area contributed by atoms with Crippen LogP contribution in [0.4, 0.5) is 10.5 Å². The van der Waals surface area contributed by atoms with Gasteiger partial charge in [0.25, 0.3) is 5.91 Å². The van der Waals surface area contributed by atoms with Crippen LogP contribution in [0.5, 0.6) is 11.5 Å². The molecule has 0 saturated carbocycles. The molecular weight excluding hydrogens is 468 g/mol. The van der Waals surface area contributed by atoms with Crippen LogP contribution < -0.4 is 14.8 Å². The highest BCUT2D eigenvalue weighted by Crippen LogP contribution is 2.43. The first kappa shape index (κ1) is 23.5. The number of morpholine rings is 1. The molecule has 1 aromatic carbocycles. The van der Waals surface area contributed by atoms with Gasteiger partial charge >= 0.3 is 6.09 Å². The molecule has 12 heteroatoms. The number of aromatic nitrogens is 1. The van der Waals surface area contributed by atoms with Gasteiger partial charge in [0.1, 0.15) is 11.5 Å². The number of amidine groups is 1. The minimum atomic E-state index is -0.950. The number of fused-ring (bicyclic) bond motifs is 3. The number of benzene rings is 1. The molecule has 1 atom stereocenters. The Balaban J connectivity index is 1.35. The maximum absolute atomic E-state index is 12.8. The third-order valence-corrected chi connectivity index (χ3v) is 6.11. The largest absolute Gasteiger partial charge is 0.491 e. The number of nitrogens with zero attached hydrogens (tertiary/aromatic N) is 5. The average Bonchev–Trinajstić information content (AvgIpc) is 3.40. The standard InChI is InChI=1S/C24H26N6O6/c1-34-20-18(36-11-6-16-14-29(24(32)33)10-12-35-16)5-4-17-19(20)27-23(30-9-8-26-21(17)30)28-22(31)15-3-2-7-25-13-15/h2-5,7,13,16H,6,8-12,14H2,1H3,(H,32,33)(H,27,28,31). The molecule has 2 N–H and O–H groups in total. The topological polar surface area (TPSA) is 138 Å². The number of carboxylic acid groups (broad SMARTS) is 1. The van der Waals surface area contributed by atoms with Crippen molar-refractivity contribution in [3.63, 3.8) is 0 Å². The van der Waals surface area contributed by atoms with Gasteiger partial charge in [-0.05, 0) is 24.3 Å². The fourth-order valence-corrected chi connectivity index (χ4v) is 4.34. The number of guanidine groups is 1. The number of pyridine rings is 1. The van der Waals surface area contributed by atoms with E-state index in [1.165, 1.54) is 18.2 Å². The summed E-state index contributed by atoms with van der Waals surface area (Å²) in [5.41, 5.74) is 1.71. The molecule has 0 aliphatic carbocycles. The third-order valence-electron chi connectivity index (χ3n) is 6.11. The Kier molecular flexibility index (Phi) is 6.67. The number of hydrogen-bond acceptors (Lipinski definition) is 9. The van der Waals surface area contributed by atoms with E-state index in [0.717, 1.165) is 5.56 Å². The summed E-state index contributed by atoms with van der Waals surface area (Å²) in [7, 11) is 1.53. The zero-order chi connectivity index (χ0) is 25.1. The number of ether oxygens (including phenoxy) is 3. The molecule has 5 rings (SSSR count). The molecule has 2 aromatic rings. The lowest BCUT2D eigenvalue weighted by Crippen LogP contribution is -2.47. The summed E-state index contributed by atoms with van der Waals surface area (Å²) in [4.78, 5) is 40.6. The molecule has 2 amide bonds. The van der Waals surface area contributed by atoms with E-state index in [1.807, 2.05) is 11.0 Å². The second-order valence-corrected chi connectivity index (χ2v) is 8.34. The van der Waals surface area contributed by atoms with Crippen molar-refractivity contribution >= 4 is 29.5 Å². The molecule has 12 nitrogen and oxygen atoms in total. The second kappa shape index (κ2) is 10.2. The molecule has 4 heterocycles. The number of aliphatic imine (C=N–C) groups is 2. The summed E-state index contributed by atoms with van der Waals surface area (Å²) >= 11 is 0. The highest BCUT2D eigenvalue weighted by Gasteiger charge is 2.33. The van der Waals surface area contributed by atoms with Crippen LogP contribution in [0, 0.1) is 0 Å². The maximum atomic E-state index is 12.8. The van der Waals surface area contributed by atoms with Gasteiger partial charge in [0.05, 0.1) is 45.1 Å². The number of rotatable bonds is 6. The lowest BCUT2D eigenvalue weighted by Gasteiger charge is -2.31. The summed E-state index contributed by atoms with van der Waals surface area (Å²) in [5, 5.41) is 12.1. The van der Waals surface area contributed by atoms with E-state index in [2.05, 4.69) is 15.3 Å². The fraction of sp³-hybridized carbons (Fsp3) is 0.375. The molecule has 1 fully saturated rings. The predicted molar refractivity (Wildman–Crippen MR) is 129 cm³/mol. The first-order valence-electron chi connectivity index (χ1n) is 11.6. The van der Waals surface area contributed by atoms with E-state index in [1.54, 1.807) is 24.4 Å². The first-order chi connectivity index (χ1) is 17.5. The second-order valence-electron chi connectivity index (χ2n) is 8.34. The summed E-state index contributed by atoms with van der Waals surface area (Å²) in [6.07, 6.45) is 2.41. The molecule has 1 aromatic heterocycles. The van der Waals surface area contributed by atoms with Crippen LogP contribution >= 0.6 is 0 Å². The molecule has 1 unspecified atom stereocenters. The van der Waals surface area contributed by atoms with Gasteiger partial charge in [0.2, 0.25) is 5.96 Å². The molecule has 3 aliphatic rings. The summed E-state index contributed by atoms with van der Waals surface area (Å²) in [5.74, 6) is 1.64. The van der Waals surface area contributed by atoms with E-state index in [0.29, 0.717) is 80.4 Å². The van der Waals surface area contributed by atoms with Gasteiger partial charge in [-0.25, -0.2) is 9.79 Å². The Morgan fingerprint density at radius 3 is 2.94 bits per heavy atom. The van der Waals surface area contributed by atoms with Crippen LogP contribution in [0.2, 0.25) is 0 Å². The molecule has 1 saturated heterocycles. The smallest absolute Gasteiger partial charge is 0.407 e. The number of amides is 2. The number of methoxy groups -OCH3 is 1. The van der Waals surface area contributed by atoms with E-state index >= 15 is 0 Å². The van der Waals surface area contributed by atoms with Gasteiger partial charge in [-0.2, -0.15) is 0 Å². The highest BCUT2D eigenvalue weighted by molar-refractivity contribution is 6.20. The zero-order valence-corrected chi connectivity index (χ0v) is 19.7. The van der Waals surface area contributed by atoms with Crippen LogP contribution in [0.3, 0.4) is 0 Å². The number of nitrogens with one attached hydrogen (secondary N) is 1. The Labute approximate surface area is 207 Å². The molecule has 3 aliphatic heterocycles. The molecule has 0 bridgehead atoms. The minimum absolute atomic E-state index is 0.243. The van der Waals surface area contributed by atoms with Gasteiger partial charge in [-0.15, -0.1) is 0 Å². The molecule has 36 heavy (non-hydrogen) atoms. The SMILES string of the molecule is COc1c(OCCC2CN(C(=O)O)CCO2)ccc2c1N=C(NC(=O)c1cccnc1)N1CCN=C21. The first-order valence-corrected chi connectivity index (χ1v) is 11.6. The fourth-order valence-electron chi connectivity index (χ4n) is 4.34. The monoisotopic (exact) mass is 494 g/mol. The van der Waals surface area contributed by atoms with Crippen molar-refractivity contribution in [3.05, 3.63) is 47.8 Å². The van der Waals surface area contributed by atoms with Gasteiger partial charge in [-0.3, -0.25) is 25.0 Å². The number of carbonyl (C=O) groups excluding carboxylic acids is 1. The zero-order valence-electron chi connectivity index (χ0n) is 19.7. The molecule has 0 spiro atoms. The van der Waals surface area contributed by atoms with Crippen molar-refractivity contribution in [1.82, 2.24) is 20.1 Å². The Hall–Kier alpha value is -4.19. The van der Waals surface area contributed by atoms with Crippen LogP contribution in [-0.4, -0.2) is 96.3 Å².